The molecule has 2 heteroatoms. The van der Waals surface area contributed by atoms with Crippen molar-refractivity contribution >= 4 is 11.6 Å². The summed E-state index contributed by atoms with van der Waals surface area (Å²) in [7, 11) is 0. The van der Waals surface area contributed by atoms with E-state index in [1.54, 1.807) is 13.8 Å². The lowest BCUT2D eigenvalue weighted by Gasteiger charge is -1.75. The summed E-state index contributed by atoms with van der Waals surface area (Å²) in [4.78, 5) is 21.2. The summed E-state index contributed by atoms with van der Waals surface area (Å²) in [6.45, 7) is 3.45. The van der Waals surface area contributed by atoms with Crippen molar-refractivity contribution in [1.29, 1.82) is 0 Å². The van der Waals surface area contributed by atoms with Crippen LogP contribution in [0.2, 0.25) is 0 Å². The predicted octanol–water partition coefficient (Wildman–Crippen LogP) is 0.951. The van der Waals surface area contributed by atoms with Gasteiger partial charge in [0, 0.05) is 12.8 Å². The highest BCUT2D eigenvalue weighted by Crippen LogP contribution is 1.76. The molecule has 0 saturated heterocycles. The van der Waals surface area contributed by atoms with Crippen molar-refractivity contribution in [2.24, 2.45) is 0 Å². The van der Waals surface area contributed by atoms with Crippen LogP contribution in [0.4, 0.5) is 0 Å². The molecule has 0 aliphatic carbocycles. The Bertz CT molecular complexity index is 259. The maximum absolute atomic E-state index is 10.6. The maximum atomic E-state index is 10.6. The molecule has 0 saturated carbocycles. The molecule has 0 spiro atoms. The van der Waals surface area contributed by atoms with Crippen LogP contribution >= 0.6 is 0 Å². The molecule has 0 unspecified atom stereocenters. The van der Waals surface area contributed by atoms with Crippen molar-refractivity contribution in [1.82, 2.24) is 0 Å². The Labute approximate surface area is 72.3 Å². The van der Waals surface area contributed by atoms with Crippen LogP contribution in [0.15, 0.2) is 0 Å². The molecular weight excluding hydrogens is 152 g/mol. The predicted molar refractivity (Wildman–Crippen MR) is 46.1 cm³/mol. The lowest BCUT2D eigenvalue weighted by atomic mass is 10.3. The van der Waals surface area contributed by atoms with Gasteiger partial charge in [-0.2, -0.15) is 0 Å². The standard InChI is InChI=1S/C10H10O2/c1-3-9(11)7-5-6-8-10(12)4-2/h3-4H2,1-2H3. The zero-order chi connectivity index (χ0) is 9.40. The van der Waals surface area contributed by atoms with Gasteiger partial charge < -0.3 is 0 Å². The highest BCUT2D eigenvalue weighted by Gasteiger charge is 1.87. The Kier molecular flexibility index (Phi) is 5.39. The van der Waals surface area contributed by atoms with Gasteiger partial charge in [-0.05, 0) is 23.7 Å². The van der Waals surface area contributed by atoms with Crippen LogP contribution < -0.4 is 0 Å². The van der Waals surface area contributed by atoms with Gasteiger partial charge in [0.15, 0.2) is 0 Å². The molecule has 0 aromatic rings. The summed E-state index contributed by atoms with van der Waals surface area (Å²) in [5, 5.41) is 0. The van der Waals surface area contributed by atoms with Crippen LogP contribution in [0.1, 0.15) is 26.7 Å². The molecule has 0 heterocycles. The normalized spacial score (nSPS) is 7.17. The summed E-state index contributed by atoms with van der Waals surface area (Å²) < 4.78 is 0. The molecule has 0 rings (SSSR count). The van der Waals surface area contributed by atoms with Gasteiger partial charge in [-0.15, -0.1) is 0 Å². The number of hydrogen-bond donors (Lipinski definition) is 0. The van der Waals surface area contributed by atoms with Crippen molar-refractivity contribution in [3.63, 3.8) is 0 Å². The SMILES string of the molecule is CCC(=O)C#CC#CC(=O)CC. The number of carbonyl (C=O) groups is 2. The Balaban J connectivity index is 4.06. The lowest BCUT2D eigenvalue weighted by Crippen LogP contribution is -1.88. The zero-order valence-corrected chi connectivity index (χ0v) is 7.23. The summed E-state index contributed by atoms with van der Waals surface area (Å²) in [6.07, 6.45) is 0.771. The number of carbonyl (C=O) groups excluding carboxylic acids is 2. The number of Topliss-reactive ketones (excluding diaryl/α,β-unsaturated/α-hetero) is 2. The average molecular weight is 162 g/mol. The quantitative estimate of drug-likeness (QED) is 0.447. The molecule has 0 aliphatic heterocycles. The summed E-state index contributed by atoms with van der Waals surface area (Å²) >= 11 is 0. The van der Waals surface area contributed by atoms with Crippen LogP contribution in [0, 0.1) is 23.7 Å². The fourth-order valence-corrected chi connectivity index (χ4v) is 0.379. The third kappa shape index (κ3) is 5.26. The van der Waals surface area contributed by atoms with Gasteiger partial charge in [0.1, 0.15) is 0 Å². The minimum Gasteiger partial charge on any atom is -0.285 e. The topological polar surface area (TPSA) is 34.1 Å². The molecule has 62 valence electrons. The fraction of sp³-hybridized carbons (Fsp3) is 0.400. The van der Waals surface area contributed by atoms with E-state index >= 15 is 0 Å². The molecular formula is C10H10O2. The first kappa shape index (κ1) is 10.5. The monoisotopic (exact) mass is 162 g/mol. The van der Waals surface area contributed by atoms with Crippen molar-refractivity contribution < 1.29 is 9.59 Å². The van der Waals surface area contributed by atoms with E-state index in [9.17, 15) is 9.59 Å². The van der Waals surface area contributed by atoms with Gasteiger partial charge in [-0.1, -0.05) is 13.8 Å². The van der Waals surface area contributed by atoms with Gasteiger partial charge in [0.25, 0.3) is 0 Å². The van der Waals surface area contributed by atoms with Crippen molar-refractivity contribution in [3.05, 3.63) is 0 Å². The van der Waals surface area contributed by atoms with Crippen molar-refractivity contribution in [2.45, 2.75) is 26.7 Å². The Morgan fingerprint density at radius 3 is 1.50 bits per heavy atom. The molecule has 0 fully saturated rings. The smallest absolute Gasteiger partial charge is 0.206 e. The van der Waals surface area contributed by atoms with Gasteiger partial charge >= 0.3 is 0 Å². The average Bonchev–Trinajstić information content (AvgIpc) is 2.11. The van der Waals surface area contributed by atoms with E-state index in [2.05, 4.69) is 23.7 Å². The van der Waals surface area contributed by atoms with E-state index in [-0.39, 0.29) is 11.6 Å². The van der Waals surface area contributed by atoms with Crippen LogP contribution in [0.3, 0.4) is 0 Å². The van der Waals surface area contributed by atoms with Gasteiger partial charge in [-0.25, -0.2) is 0 Å². The number of rotatable bonds is 2. The first-order chi connectivity index (χ1) is 5.70. The second kappa shape index (κ2) is 6.19. The molecule has 0 amide bonds. The van der Waals surface area contributed by atoms with Gasteiger partial charge in [0.2, 0.25) is 11.6 Å². The maximum Gasteiger partial charge on any atom is 0.206 e. The van der Waals surface area contributed by atoms with Crippen LogP contribution in [-0.4, -0.2) is 11.6 Å². The third-order valence-corrected chi connectivity index (χ3v) is 1.11. The molecule has 0 bridgehead atoms. The Morgan fingerprint density at radius 2 is 1.25 bits per heavy atom. The minimum atomic E-state index is -0.159. The van der Waals surface area contributed by atoms with E-state index < -0.39 is 0 Å². The van der Waals surface area contributed by atoms with E-state index in [0.717, 1.165) is 0 Å². The van der Waals surface area contributed by atoms with Crippen LogP contribution in [0.5, 0.6) is 0 Å². The minimum absolute atomic E-state index is 0.159. The number of hydrogen-bond acceptors (Lipinski definition) is 2. The summed E-state index contributed by atoms with van der Waals surface area (Å²) in [5.74, 6) is 8.92. The lowest BCUT2D eigenvalue weighted by molar-refractivity contribution is -0.114. The molecule has 0 aromatic carbocycles. The van der Waals surface area contributed by atoms with Crippen molar-refractivity contribution in [3.8, 4) is 23.7 Å². The van der Waals surface area contributed by atoms with Crippen LogP contribution in [-0.2, 0) is 9.59 Å². The first-order valence-corrected chi connectivity index (χ1v) is 3.78. The van der Waals surface area contributed by atoms with Gasteiger partial charge in [0.05, 0.1) is 0 Å². The summed E-state index contributed by atoms with van der Waals surface area (Å²) in [5.41, 5.74) is 0. The van der Waals surface area contributed by atoms with E-state index in [0.29, 0.717) is 12.8 Å². The Hall–Kier alpha value is -1.54. The largest absolute Gasteiger partial charge is 0.285 e. The van der Waals surface area contributed by atoms with Gasteiger partial charge in [-0.3, -0.25) is 9.59 Å². The molecule has 0 N–H and O–H groups in total. The molecule has 0 radical (unpaired) electrons. The van der Waals surface area contributed by atoms with Crippen molar-refractivity contribution in [2.75, 3.05) is 0 Å². The fourth-order valence-electron chi connectivity index (χ4n) is 0.379. The van der Waals surface area contributed by atoms with E-state index in [4.69, 9.17) is 0 Å². The highest BCUT2D eigenvalue weighted by atomic mass is 16.1. The third-order valence-electron chi connectivity index (χ3n) is 1.11. The molecule has 0 aliphatic rings. The number of ketones is 2. The second-order valence-corrected chi connectivity index (χ2v) is 2.05. The van der Waals surface area contributed by atoms with E-state index in [1.807, 2.05) is 0 Å². The molecule has 0 aromatic heterocycles. The Morgan fingerprint density at radius 1 is 0.917 bits per heavy atom. The van der Waals surface area contributed by atoms with Crippen LogP contribution in [0.25, 0.3) is 0 Å². The zero-order valence-electron chi connectivity index (χ0n) is 7.23. The summed E-state index contributed by atoms with van der Waals surface area (Å²) in [6, 6.07) is 0. The molecule has 2 nitrogen and oxygen atoms in total. The molecule has 12 heavy (non-hydrogen) atoms. The first-order valence-electron chi connectivity index (χ1n) is 3.78. The second-order valence-electron chi connectivity index (χ2n) is 2.05. The molecule has 0 atom stereocenters. The highest BCUT2D eigenvalue weighted by molar-refractivity contribution is 5.97. The van der Waals surface area contributed by atoms with E-state index in [1.165, 1.54) is 0 Å².